The van der Waals surface area contributed by atoms with Crippen molar-refractivity contribution in [2.45, 2.75) is 13.3 Å². The number of hydrogen-bond acceptors (Lipinski definition) is 2. The first kappa shape index (κ1) is 14.4. The summed E-state index contributed by atoms with van der Waals surface area (Å²) >= 11 is 12.0. The Hall–Kier alpha value is -1.59. The van der Waals surface area contributed by atoms with Crippen LogP contribution in [-0.4, -0.2) is 25.2 Å². The number of halogens is 3. The van der Waals surface area contributed by atoms with E-state index in [-0.39, 0.29) is 5.69 Å². The molecule has 0 amide bonds. The highest BCUT2D eigenvalue weighted by atomic mass is 35.5. The molecule has 0 aliphatic heterocycles. The molecule has 0 radical (unpaired) electrons. The van der Waals surface area contributed by atoms with Crippen molar-refractivity contribution in [1.29, 1.82) is 0 Å². The summed E-state index contributed by atoms with van der Waals surface area (Å²) in [6.45, 7) is 1.87. The summed E-state index contributed by atoms with van der Waals surface area (Å²) in [7, 11) is 1.80. The van der Waals surface area contributed by atoms with Crippen LogP contribution in [0.3, 0.4) is 0 Å². The summed E-state index contributed by atoms with van der Waals surface area (Å²) in [5.74, 6) is 0.654. The van der Waals surface area contributed by atoms with Gasteiger partial charge in [0, 0.05) is 19.3 Å². The van der Waals surface area contributed by atoms with Crippen LogP contribution in [0.1, 0.15) is 11.5 Å². The van der Waals surface area contributed by atoms with E-state index in [1.54, 1.807) is 28.4 Å². The molecule has 0 aliphatic rings. The molecule has 0 unspecified atom stereocenters. The molecular weight excluding hydrogens is 314 g/mol. The lowest BCUT2D eigenvalue weighted by Crippen LogP contribution is -2.08. The van der Waals surface area contributed by atoms with Crippen LogP contribution in [0.25, 0.3) is 16.9 Å². The van der Waals surface area contributed by atoms with Crippen molar-refractivity contribution in [2.24, 2.45) is 7.05 Å². The van der Waals surface area contributed by atoms with Crippen LogP contribution in [0, 0.1) is 12.7 Å². The van der Waals surface area contributed by atoms with Gasteiger partial charge in [-0.15, -0.1) is 11.6 Å². The summed E-state index contributed by atoms with van der Waals surface area (Å²) in [4.78, 5) is 4.55. The minimum atomic E-state index is -0.406. The molecular formula is C14H13Cl2FN4. The van der Waals surface area contributed by atoms with Gasteiger partial charge in [-0.05, 0) is 19.1 Å². The first-order chi connectivity index (χ1) is 10.0. The van der Waals surface area contributed by atoms with E-state index >= 15 is 0 Å². The van der Waals surface area contributed by atoms with Crippen LogP contribution in [-0.2, 0) is 13.5 Å². The number of benzene rings is 1. The van der Waals surface area contributed by atoms with Gasteiger partial charge in [-0.1, -0.05) is 17.7 Å². The van der Waals surface area contributed by atoms with Gasteiger partial charge in [-0.3, -0.25) is 4.57 Å². The van der Waals surface area contributed by atoms with Crippen molar-refractivity contribution in [3.8, 4) is 5.69 Å². The second-order valence-corrected chi connectivity index (χ2v) is 5.54. The van der Waals surface area contributed by atoms with E-state index in [1.807, 2.05) is 6.92 Å². The third-order valence-corrected chi connectivity index (χ3v) is 3.85. The average Bonchev–Trinajstić information content (AvgIpc) is 2.90. The minimum Gasteiger partial charge on any atom is -0.276 e. The number of fused-ring (bicyclic) bond motifs is 1. The Morgan fingerprint density at radius 1 is 1.33 bits per heavy atom. The predicted molar refractivity (Wildman–Crippen MR) is 82.0 cm³/mol. The number of aryl methyl sites for hydroxylation is 3. The van der Waals surface area contributed by atoms with Crippen molar-refractivity contribution >= 4 is 34.4 Å². The number of hydrogen-bond donors (Lipinski definition) is 0. The standard InChI is InChI=1S/C14H13Cl2FN4/c1-8-12-14(20(2)19-8)21(11(18-12)6-7-15)13-9(16)4-3-5-10(13)17/h3-5H,6-7H2,1-2H3. The van der Waals surface area contributed by atoms with Crippen LogP contribution in [0.2, 0.25) is 5.02 Å². The van der Waals surface area contributed by atoms with E-state index in [4.69, 9.17) is 23.2 Å². The topological polar surface area (TPSA) is 35.6 Å². The van der Waals surface area contributed by atoms with E-state index in [1.165, 1.54) is 6.07 Å². The molecule has 3 aromatic rings. The Morgan fingerprint density at radius 3 is 2.76 bits per heavy atom. The largest absolute Gasteiger partial charge is 0.276 e. The molecule has 2 aromatic heterocycles. The molecule has 1 aromatic carbocycles. The highest BCUT2D eigenvalue weighted by Crippen LogP contribution is 2.30. The van der Waals surface area contributed by atoms with Crippen molar-refractivity contribution in [3.63, 3.8) is 0 Å². The lowest BCUT2D eigenvalue weighted by atomic mass is 10.3. The van der Waals surface area contributed by atoms with Gasteiger partial charge in [-0.25, -0.2) is 14.1 Å². The summed E-state index contributed by atoms with van der Waals surface area (Å²) in [6, 6.07) is 4.60. The van der Waals surface area contributed by atoms with Crippen LogP contribution < -0.4 is 0 Å². The number of para-hydroxylation sites is 1. The second kappa shape index (κ2) is 5.31. The molecule has 110 valence electrons. The van der Waals surface area contributed by atoms with Gasteiger partial charge in [0.15, 0.2) is 5.65 Å². The first-order valence-electron chi connectivity index (χ1n) is 6.46. The van der Waals surface area contributed by atoms with Gasteiger partial charge >= 0.3 is 0 Å². The number of nitrogens with zero attached hydrogens (tertiary/aromatic N) is 4. The van der Waals surface area contributed by atoms with Crippen molar-refractivity contribution in [1.82, 2.24) is 19.3 Å². The maximum absolute atomic E-state index is 14.3. The van der Waals surface area contributed by atoms with E-state index in [2.05, 4.69) is 10.1 Å². The highest BCUT2D eigenvalue weighted by molar-refractivity contribution is 6.32. The molecule has 0 saturated heterocycles. The Bertz CT molecular complexity index is 802. The fourth-order valence-electron chi connectivity index (χ4n) is 2.51. The van der Waals surface area contributed by atoms with E-state index in [9.17, 15) is 4.39 Å². The molecule has 0 saturated carbocycles. The Morgan fingerprint density at radius 2 is 2.10 bits per heavy atom. The monoisotopic (exact) mass is 326 g/mol. The Labute approximate surface area is 131 Å². The fraction of sp³-hybridized carbons (Fsp3) is 0.286. The van der Waals surface area contributed by atoms with Crippen molar-refractivity contribution in [3.05, 3.63) is 40.6 Å². The molecule has 0 atom stereocenters. The molecule has 0 fully saturated rings. The summed E-state index contributed by atoms with van der Waals surface area (Å²) in [6.07, 6.45) is 0.514. The summed E-state index contributed by atoms with van der Waals surface area (Å²) in [5, 5.41) is 4.65. The number of aromatic nitrogens is 4. The SMILES string of the molecule is Cc1nn(C)c2c1nc(CCCl)n2-c1c(F)cccc1Cl. The minimum absolute atomic E-state index is 0.282. The van der Waals surface area contributed by atoms with E-state index in [0.29, 0.717) is 28.8 Å². The average molecular weight is 327 g/mol. The number of alkyl halides is 1. The molecule has 0 spiro atoms. The highest BCUT2D eigenvalue weighted by Gasteiger charge is 2.21. The van der Waals surface area contributed by atoms with Crippen molar-refractivity contribution in [2.75, 3.05) is 5.88 Å². The molecule has 0 bridgehead atoms. The van der Waals surface area contributed by atoms with Gasteiger partial charge in [0.25, 0.3) is 0 Å². The van der Waals surface area contributed by atoms with Crippen molar-refractivity contribution < 1.29 is 4.39 Å². The molecule has 0 N–H and O–H groups in total. The molecule has 7 heteroatoms. The van der Waals surface area contributed by atoms with Gasteiger partial charge < -0.3 is 0 Å². The summed E-state index contributed by atoms with van der Waals surface area (Å²) in [5.41, 5.74) is 2.51. The lowest BCUT2D eigenvalue weighted by Gasteiger charge is -2.11. The van der Waals surface area contributed by atoms with Crippen LogP contribution >= 0.6 is 23.2 Å². The molecule has 21 heavy (non-hydrogen) atoms. The van der Waals surface area contributed by atoms with E-state index in [0.717, 1.165) is 11.2 Å². The second-order valence-electron chi connectivity index (χ2n) is 4.75. The molecule has 3 rings (SSSR count). The van der Waals surface area contributed by atoms with Gasteiger partial charge in [0.2, 0.25) is 0 Å². The molecule has 4 nitrogen and oxygen atoms in total. The van der Waals surface area contributed by atoms with Gasteiger partial charge in [0.1, 0.15) is 22.8 Å². The zero-order chi connectivity index (χ0) is 15.1. The quantitative estimate of drug-likeness (QED) is 0.689. The fourth-order valence-corrected chi connectivity index (χ4v) is 2.92. The first-order valence-corrected chi connectivity index (χ1v) is 7.37. The zero-order valence-electron chi connectivity index (χ0n) is 11.6. The van der Waals surface area contributed by atoms with Crippen LogP contribution in [0.4, 0.5) is 4.39 Å². The maximum atomic E-state index is 14.3. The predicted octanol–water partition coefficient (Wildman–Crippen LogP) is 3.64. The Balaban J connectivity index is 2.42. The van der Waals surface area contributed by atoms with E-state index < -0.39 is 5.82 Å². The third-order valence-electron chi connectivity index (χ3n) is 3.35. The maximum Gasteiger partial charge on any atom is 0.163 e. The molecule has 0 aliphatic carbocycles. The van der Waals surface area contributed by atoms with Gasteiger partial charge in [-0.2, -0.15) is 5.10 Å². The van der Waals surface area contributed by atoms with Crippen LogP contribution in [0.5, 0.6) is 0 Å². The number of rotatable bonds is 3. The van der Waals surface area contributed by atoms with Crippen LogP contribution in [0.15, 0.2) is 18.2 Å². The summed E-state index contributed by atoms with van der Waals surface area (Å²) < 4.78 is 17.7. The smallest absolute Gasteiger partial charge is 0.163 e. The third kappa shape index (κ3) is 2.21. The Kier molecular flexibility index (Phi) is 3.63. The lowest BCUT2D eigenvalue weighted by molar-refractivity contribution is 0.614. The number of imidazole rings is 1. The zero-order valence-corrected chi connectivity index (χ0v) is 13.1. The molecule has 2 heterocycles. The normalized spacial score (nSPS) is 11.5. The van der Waals surface area contributed by atoms with Gasteiger partial charge in [0.05, 0.1) is 10.7 Å².